The van der Waals surface area contributed by atoms with E-state index in [9.17, 15) is 0 Å². The van der Waals surface area contributed by atoms with Crippen molar-refractivity contribution in [2.45, 2.75) is 31.6 Å². The van der Waals surface area contributed by atoms with Gasteiger partial charge in [0.1, 0.15) is 0 Å². The zero-order valence-electron chi connectivity index (χ0n) is 12.9. The number of benzene rings is 2. The van der Waals surface area contributed by atoms with E-state index in [2.05, 4.69) is 97.1 Å². The molecule has 4 rings (SSSR count). The molecule has 0 aliphatic heterocycles. The van der Waals surface area contributed by atoms with Crippen LogP contribution in [0.15, 0.2) is 69.8 Å². The highest BCUT2D eigenvalue weighted by Gasteiger charge is 2.42. The van der Waals surface area contributed by atoms with Gasteiger partial charge < -0.3 is 0 Å². The van der Waals surface area contributed by atoms with Crippen molar-refractivity contribution in [2.24, 2.45) is 0 Å². The molecular formula is C21H19I. The quantitative estimate of drug-likeness (QED) is 0.489. The summed E-state index contributed by atoms with van der Waals surface area (Å²) in [5.41, 5.74) is 7.38. The maximum absolute atomic E-state index is 2.45. The molecule has 2 aliphatic carbocycles. The normalized spacial score (nSPS) is 21.7. The molecule has 0 bridgehead atoms. The van der Waals surface area contributed by atoms with Crippen molar-refractivity contribution in [1.82, 2.24) is 0 Å². The van der Waals surface area contributed by atoms with Crippen LogP contribution in [0.1, 0.15) is 37.3 Å². The van der Waals surface area contributed by atoms with Crippen molar-refractivity contribution in [3.8, 4) is 11.1 Å². The second-order valence-electron chi connectivity index (χ2n) is 6.77. The van der Waals surface area contributed by atoms with E-state index < -0.39 is 0 Å². The third-order valence-corrected chi connectivity index (χ3v) is 5.90. The molecule has 110 valence electrons. The fourth-order valence-electron chi connectivity index (χ4n) is 3.94. The average molecular weight is 398 g/mol. The third kappa shape index (κ3) is 2.10. The van der Waals surface area contributed by atoms with E-state index in [4.69, 9.17) is 0 Å². The second-order valence-corrected chi connectivity index (χ2v) is 8.02. The largest absolute Gasteiger partial charge is 0.0702 e. The van der Waals surface area contributed by atoms with E-state index in [-0.39, 0.29) is 5.41 Å². The molecule has 1 unspecified atom stereocenters. The van der Waals surface area contributed by atoms with Gasteiger partial charge in [0.05, 0.1) is 0 Å². The lowest BCUT2D eigenvalue weighted by molar-refractivity contribution is 0.612. The van der Waals surface area contributed by atoms with Crippen molar-refractivity contribution >= 4 is 22.6 Å². The molecule has 0 saturated heterocycles. The summed E-state index contributed by atoms with van der Waals surface area (Å²) in [6.07, 6.45) is 5.91. The second kappa shape index (κ2) is 5.09. The van der Waals surface area contributed by atoms with Gasteiger partial charge in [0.2, 0.25) is 0 Å². The minimum absolute atomic E-state index is 0.134. The molecule has 1 atom stereocenters. The molecule has 0 aromatic heterocycles. The lowest BCUT2D eigenvalue weighted by Gasteiger charge is -2.26. The van der Waals surface area contributed by atoms with Crippen LogP contribution in [0.2, 0.25) is 0 Å². The molecule has 0 amide bonds. The summed E-state index contributed by atoms with van der Waals surface area (Å²) in [5, 5.41) is 0. The highest BCUT2D eigenvalue weighted by Crippen LogP contribution is 2.54. The highest BCUT2D eigenvalue weighted by molar-refractivity contribution is 14.1. The van der Waals surface area contributed by atoms with Gasteiger partial charge in [-0.15, -0.1) is 0 Å². The summed E-state index contributed by atoms with van der Waals surface area (Å²) < 4.78 is 1.38. The number of fused-ring (bicyclic) bond motifs is 3. The van der Waals surface area contributed by atoms with Crippen LogP contribution in [0.3, 0.4) is 0 Å². The molecule has 0 nitrogen and oxygen atoms in total. The Bertz CT molecular complexity index is 794. The summed E-state index contributed by atoms with van der Waals surface area (Å²) in [4.78, 5) is 0. The lowest BCUT2D eigenvalue weighted by Crippen LogP contribution is -2.17. The molecule has 0 spiro atoms. The minimum Gasteiger partial charge on any atom is -0.0702 e. The van der Waals surface area contributed by atoms with Crippen molar-refractivity contribution < 1.29 is 0 Å². The topological polar surface area (TPSA) is 0 Å². The molecule has 0 saturated carbocycles. The van der Waals surface area contributed by atoms with Gasteiger partial charge in [0.25, 0.3) is 0 Å². The number of allylic oxidation sites excluding steroid dienone is 4. The molecule has 22 heavy (non-hydrogen) atoms. The summed E-state index contributed by atoms with van der Waals surface area (Å²) in [6.45, 7) is 4.75. The lowest BCUT2D eigenvalue weighted by atomic mass is 9.79. The van der Waals surface area contributed by atoms with Crippen molar-refractivity contribution in [3.63, 3.8) is 0 Å². The van der Waals surface area contributed by atoms with E-state index >= 15 is 0 Å². The van der Waals surface area contributed by atoms with Crippen molar-refractivity contribution in [2.75, 3.05) is 0 Å². The zero-order valence-corrected chi connectivity index (χ0v) is 15.1. The maximum Gasteiger partial charge on any atom is 0.0118 e. The third-order valence-electron chi connectivity index (χ3n) is 5.15. The first kappa shape index (κ1) is 14.3. The molecule has 0 fully saturated rings. The smallest absolute Gasteiger partial charge is 0.0118 e. The summed E-state index contributed by atoms with van der Waals surface area (Å²) >= 11 is 2.45. The van der Waals surface area contributed by atoms with Gasteiger partial charge in [-0.05, 0) is 63.4 Å². The van der Waals surface area contributed by atoms with Crippen molar-refractivity contribution in [3.05, 3.63) is 81.0 Å². The Hall–Kier alpha value is -1.35. The Balaban J connectivity index is 1.87. The molecular weight excluding hydrogens is 379 g/mol. The molecule has 0 N–H and O–H groups in total. The monoisotopic (exact) mass is 398 g/mol. The Morgan fingerprint density at radius 3 is 2.55 bits per heavy atom. The molecule has 0 heterocycles. The fraction of sp³-hybridized carbons (Fsp3) is 0.238. The number of rotatable bonds is 1. The van der Waals surface area contributed by atoms with Gasteiger partial charge in [-0.1, -0.05) is 68.0 Å². The molecule has 2 aliphatic rings. The molecule has 0 radical (unpaired) electrons. The number of hydrogen-bond acceptors (Lipinski definition) is 0. The van der Waals surface area contributed by atoms with Gasteiger partial charge >= 0.3 is 0 Å². The fourth-order valence-corrected chi connectivity index (χ4v) is 4.53. The summed E-state index contributed by atoms with van der Waals surface area (Å²) in [6, 6.07) is 17.8. The van der Waals surface area contributed by atoms with Crippen LogP contribution in [-0.4, -0.2) is 0 Å². The van der Waals surface area contributed by atoms with Crippen LogP contribution in [-0.2, 0) is 5.41 Å². The van der Waals surface area contributed by atoms with Gasteiger partial charge in [-0.25, -0.2) is 0 Å². The van der Waals surface area contributed by atoms with Crippen LogP contribution in [0.25, 0.3) is 11.1 Å². The first-order valence-electron chi connectivity index (χ1n) is 7.85. The minimum atomic E-state index is 0.134. The molecule has 2 aromatic carbocycles. The first-order chi connectivity index (χ1) is 10.6. The van der Waals surface area contributed by atoms with Crippen molar-refractivity contribution in [1.29, 1.82) is 0 Å². The Kier molecular flexibility index (Phi) is 3.30. The van der Waals surface area contributed by atoms with Crippen LogP contribution >= 0.6 is 22.6 Å². The standard InChI is InChI=1S/C21H19I/c1-21(2)19-12-15(14-6-4-3-5-7-14)8-10-17(19)18-11-9-16(22)13-20(18)21/h3-10,12-13,18H,11H2,1-2H3. The molecule has 2 aromatic rings. The Labute approximate surface area is 146 Å². The van der Waals surface area contributed by atoms with E-state index in [1.165, 1.54) is 25.8 Å². The zero-order chi connectivity index (χ0) is 15.3. The van der Waals surface area contributed by atoms with Crippen LogP contribution in [0.4, 0.5) is 0 Å². The predicted octanol–water partition coefficient (Wildman–Crippen LogP) is 6.38. The summed E-state index contributed by atoms with van der Waals surface area (Å²) in [5.74, 6) is 0.577. The summed E-state index contributed by atoms with van der Waals surface area (Å²) in [7, 11) is 0. The van der Waals surface area contributed by atoms with Crippen LogP contribution in [0.5, 0.6) is 0 Å². The molecule has 1 heteroatoms. The average Bonchev–Trinajstić information content (AvgIpc) is 2.76. The van der Waals surface area contributed by atoms with Crippen LogP contribution in [0, 0.1) is 0 Å². The van der Waals surface area contributed by atoms with Gasteiger partial charge in [-0.3, -0.25) is 0 Å². The van der Waals surface area contributed by atoms with Gasteiger partial charge in [0, 0.05) is 14.9 Å². The van der Waals surface area contributed by atoms with E-state index in [1.54, 1.807) is 5.57 Å². The first-order valence-corrected chi connectivity index (χ1v) is 8.93. The van der Waals surface area contributed by atoms with E-state index in [0.29, 0.717) is 5.92 Å². The van der Waals surface area contributed by atoms with E-state index in [1.807, 2.05) is 0 Å². The van der Waals surface area contributed by atoms with Crippen LogP contribution < -0.4 is 0 Å². The maximum atomic E-state index is 2.45. The Morgan fingerprint density at radius 1 is 1.00 bits per heavy atom. The van der Waals surface area contributed by atoms with Gasteiger partial charge in [-0.2, -0.15) is 0 Å². The predicted molar refractivity (Wildman–Crippen MR) is 102 cm³/mol. The Morgan fingerprint density at radius 2 is 1.77 bits per heavy atom. The number of hydrogen-bond donors (Lipinski definition) is 0. The van der Waals surface area contributed by atoms with Gasteiger partial charge in [0.15, 0.2) is 0 Å². The number of halogens is 1. The SMILES string of the molecule is CC1(C)C2=CC(I)=CCC2c2ccc(-c3ccccc3)cc21. The highest BCUT2D eigenvalue weighted by atomic mass is 127. The van der Waals surface area contributed by atoms with E-state index in [0.717, 1.165) is 6.42 Å².